The average Bonchev–Trinajstić information content (AvgIpc) is 3.12. The van der Waals surface area contributed by atoms with Crippen molar-refractivity contribution in [2.24, 2.45) is 0 Å². The summed E-state index contributed by atoms with van der Waals surface area (Å²) in [6.45, 7) is 9.60. The van der Waals surface area contributed by atoms with Crippen LogP contribution in [0, 0.1) is 6.92 Å². The first kappa shape index (κ1) is 21.6. The maximum atomic E-state index is 12.6. The predicted molar refractivity (Wildman–Crippen MR) is 120 cm³/mol. The Kier molecular flexibility index (Phi) is 7.28. The highest BCUT2D eigenvalue weighted by Crippen LogP contribution is 2.33. The maximum Gasteiger partial charge on any atom is 0.226 e. The van der Waals surface area contributed by atoms with Crippen LogP contribution in [0.3, 0.4) is 0 Å². The molecule has 0 unspecified atom stereocenters. The van der Waals surface area contributed by atoms with Crippen LogP contribution in [-0.4, -0.2) is 33.7 Å². The number of hydrogen-bond acceptors (Lipinski definition) is 3. The maximum absolute atomic E-state index is 12.6. The minimum Gasteiger partial charge on any atom is -0.438 e. The van der Waals surface area contributed by atoms with E-state index >= 15 is 0 Å². The van der Waals surface area contributed by atoms with E-state index in [1.165, 1.54) is 0 Å². The Morgan fingerprint density at radius 3 is 2.30 bits per heavy atom. The van der Waals surface area contributed by atoms with Gasteiger partial charge in [-0.05, 0) is 57.4 Å². The highest BCUT2D eigenvalue weighted by Gasteiger charge is 2.22. The second-order valence-electron chi connectivity index (χ2n) is 7.26. The molecule has 0 aliphatic rings. The topological polar surface area (TPSA) is 47.4 Å². The Morgan fingerprint density at radius 2 is 1.67 bits per heavy atom. The Morgan fingerprint density at radius 1 is 1.00 bits per heavy atom. The van der Waals surface area contributed by atoms with Crippen molar-refractivity contribution >= 4 is 5.91 Å². The van der Waals surface area contributed by atoms with E-state index in [0.29, 0.717) is 18.7 Å². The smallest absolute Gasteiger partial charge is 0.226 e. The predicted octanol–water partition coefficient (Wildman–Crippen LogP) is 5.34. The van der Waals surface area contributed by atoms with E-state index in [1.807, 2.05) is 85.0 Å². The molecule has 0 fully saturated rings. The zero-order chi connectivity index (χ0) is 21.5. The molecule has 0 bridgehead atoms. The summed E-state index contributed by atoms with van der Waals surface area (Å²) in [7, 11) is 0. The molecule has 1 amide bonds. The van der Waals surface area contributed by atoms with E-state index in [9.17, 15) is 4.79 Å². The summed E-state index contributed by atoms with van der Waals surface area (Å²) in [4.78, 5) is 14.5. The molecule has 0 spiro atoms. The molecule has 1 aromatic heterocycles. The van der Waals surface area contributed by atoms with Gasteiger partial charge in [0.1, 0.15) is 5.75 Å². The Balaban J connectivity index is 2.02. The van der Waals surface area contributed by atoms with Gasteiger partial charge in [0.2, 0.25) is 11.8 Å². The zero-order valence-electron chi connectivity index (χ0n) is 18.4. The van der Waals surface area contributed by atoms with Crippen molar-refractivity contribution in [2.45, 2.75) is 47.0 Å². The standard InChI is InChI=1S/C25H31N3O2/c1-5-22-21(17-18-24(29)27(6-2)7-3)25(30-23-16-12-11-13-19(23)4)28(26-22)20-14-9-8-10-15-20/h8-16H,5-7,17-18H2,1-4H3. The number of para-hydroxylation sites is 2. The molecular weight excluding hydrogens is 374 g/mol. The average molecular weight is 406 g/mol. The van der Waals surface area contributed by atoms with Gasteiger partial charge in [-0.15, -0.1) is 0 Å². The van der Waals surface area contributed by atoms with Crippen LogP contribution in [0.2, 0.25) is 0 Å². The molecule has 3 aromatic rings. The molecule has 0 radical (unpaired) electrons. The van der Waals surface area contributed by atoms with Crippen LogP contribution in [0.15, 0.2) is 54.6 Å². The van der Waals surface area contributed by atoms with Crippen LogP contribution in [-0.2, 0) is 17.6 Å². The first-order valence-corrected chi connectivity index (χ1v) is 10.8. The van der Waals surface area contributed by atoms with Gasteiger partial charge < -0.3 is 9.64 Å². The van der Waals surface area contributed by atoms with Crippen molar-refractivity contribution < 1.29 is 9.53 Å². The fourth-order valence-electron chi connectivity index (χ4n) is 3.60. The number of aromatic nitrogens is 2. The molecule has 158 valence electrons. The highest BCUT2D eigenvalue weighted by molar-refractivity contribution is 5.76. The number of ether oxygens (including phenoxy) is 1. The lowest BCUT2D eigenvalue weighted by Crippen LogP contribution is -2.30. The molecule has 0 saturated heterocycles. The summed E-state index contributed by atoms with van der Waals surface area (Å²) in [6, 6.07) is 18.0. The van der Waals surface area contributed by atoms with Gasteiger partial charge in [0.15, 0.2) is 0 Å². The quantitative estimate of drug-likeness (QED) is 0.483. The summed E-state index contributed by atoms with van der Waals surface area (Å²) in [5.74, 6) is 1.66. The molecule has 1 heterocycles. The minimum absolute atomic E-state index is 0.163. The summed E-state index contributed by atoms with van der Waals surface area (Å²) in [6.07, 6.45) is 1.82. The van der Waals surface area contributed by atoms with E-state index in [2.05, 4.69) is 6.92 Å². The van der Waals surface area contributed by atoms with E-state index < -0.39 is 0 Å². The number of benzene rings is 2. The Hall–Kier alpha value is -3.08. The van der Waals surface area contributed by atoms with Crippen molar-refractivity contribution in [1.29, 1.82) is 0 Å². The van der Waals surface area contributed by atoms with Crippen LogP contribution in [0.1, 0.15) is 44.0 Å². The van der Waals surface area contributed by atoms with Gasteiger partial charge in [0.25, 0.3) is 0 Å². The molecule has 0 saturated carbocycles. The van der Waals surface area contributed by atoms with Gasteiger partial charge in [-0.1, -0.05) is 43.3 Å². The van der Waals surface area contributed by atoms with E-state index in [0.717, 1.165) is 47.8 Å². The molecule has 0 aliphatic carbocycles. The van der Waals surface area contributed by atoms with Crippen molar-refractivity contribution in [1.82, 2.24) is 14.7 Å². The number of rotatable bonds is 9. The number of aryl methyl sites for hydroxylation is 2. The van der Waals surface area contributed by atoms with Crippen molar-refractivity contribution in [3.8, 4) is 17.3 Å². The Labute approximate surface area is 179 Å². The zero-order valence-corrected chi connectivity index (χ0v) is 18.4. The molecule has 3 rings (SSSR count). The van der Waals surface area contributed by atoms with E-state index in [-0.39, 0.29) is 5.91 Å². The molecule has 0 N–H and O–H groups in total. The third-order valence-corrected chi connectivity index (χ3v) is 5.36. The first-order chi connectivity index (χ1) is 14.6. The largest absolute Gasteiger partial charge is 0.438 e. The normalized spacial score (nSPS) is 10.8. The molecule has 5 heteroatoms. The molecule has 2 aromatic carbocycles. The van der Waals surface area contributed by atoms with Crippen molar-refractivity contribution in [2.75, 3.05) is 13.1 Å². The fourth-order valence-corrected chi connectivity index (χ4v) is 3.60. The van der Waals surface area contributed by atoms with Crippen LogP contribution >= 0.6 is 0 Å². The molecular formula is C25H31N3O2. The van der Waals surface area contributed by atoms with E-state index in [4.69, 9.17) is 9.84 Å². The summed E-state index contributed by atoms with van der Waals surface area (Å²) >= 11 is 0. The summed E-state index contributed by atoms with van der Waals surface area (Å²) in [5.41, 5.74) is 3.97. The lowest BCUT2D eigenvalue weighted by Gasteiger charge is -2.18. The molecule has 0 aliphatic heterocycles. The summed E-state index contributed by atoms with van der Waals surface area (Å²) < 4.78 is 8.29. The Bertz CT molecular complexity index is 975. The molecule has 0 atom stereocenters. The van der Waals surface area contributed by atoms with Crippen LogP contribution in [0.5, 0.6) is 11.6 Å². The number of carbonyl (C=O) groups excluding carboxylic acids is 1. The number of nitrogens with zero attached hydrogens (tertiary/aromatic N) is 3. The van der Waals surface area contributed by atoms with Gasteiger partial charge in [-0.25, -0.2) is 4.68 Å². The van der Waals surface area contributed by atoms with Crippen LogP contribution < -0.4 is 4.74 Å². The second-order valence-corrected chi connectivity index (χ2v) is 7.26. The van der Waals surface area contributed by atoms with Gasteiger partial charge in [-0.2, -0.15) is 5.10 Å². The lowest BCUT2D eigenvalue weighted by atomic mass is 10.1. The lowest BCUT2D eigenvalue weighted by molar-refractivity contribution is -0.130. The van der Waals surface area contributed by atoms with Crippen molar-refractivity contribution in [3.05, 3.63) is 71.4 Å². The number of hydrogen-bond donors (Lipinski definition) is 0. The van der Waals surface area contributed by atoms with Crippen LogP contribution in [0.4, 0.5) is 0 Å². The SMILES string of the molecule is CCc1nn(-c2ccccc2)c(Oc2ccccc2C)c1CCC(=O)N(CC)CC. The van der Waals surface area contributed by atoms with Gasteiger partial charge in [-0.3, -0.25) is 4.79 Å². The molecule has 5 nitrogen and oxygen atoms in total. The molecule has 30 heavy (non-hydrogen) atoms. The van der Waals surface area contributed by atoms with Gasteiger partial charge in [0, 0.05) is 25.1 Å². The highest BCUT2D eigenvalue weighted by atomic mass is 16.5. The van der Waals surface area contributed by atoms with Crippen molar-refractivity contribution in [3.63, 3.8) is 0 Å². The monoisotopic (exact) mass is 405 g/mol. The van der Waals surface area contributed by atoms with Gasteiger partial charge in [0.05, 0.1) is 11.4 Å². The van der Waals surface area contributed by atoms with Crippen LogP contribution in [0.25, 0.3) is 5.69 Å². The first-order valence-electron chi connectivity index (χ1n) is 10.8. The van der Waals surface area contributed by atoms with E-state index in [1.54, 1.807) is 0 Å². The van der Waals surface area contributed by atoms with Gasteiger partial charge >= 0.3 is 0 Å². The second kappa shape index (κ2) is 10.1. The number of amides is 1. The minimum atomic E-state index is 0.163. The fraction of sp³-hybridized carbons (Fsp3) is 0.360. The third kappa shape index (κ3) is 4.73. The third-order valence-electron chi connectivity index (χ3n) is 5.36. The number of carbonyl (C=O) groups is 1. The summed E-state index contributed by atoms with van der Waals surface area (Å²) in [5, 5.41) is 4.85.